The molecule has 0 saturated heterocycles. The zero-order chi connectivity index (χ0) is 24.7. The second-order valence-electron chi connectivity index (χ2n) is 7.99. The van der Waals surface area contributed by atoms with Crippen molar-refractivity contribution in [2.75, 3.05) is 16.8 Å². The summed E-state index contributed by atoms with van der Waals surface area (Å²) in [7, 11) is 0. The van der Waals surface area contributed by atoms with E-state index >= 15 is 0 Å². The molecule has 0 aliphatic carbocycles. The highest BCUT2D eigenvalue weighted by Crippen LogP contribution is 2.42. The standard InChI is InChI=1S/C23H17ClF4N4O3/c24-14-8-12-3-4-18(20-15(25)2-1-6-29-20)35-19(12)9-17(14)32-10-13-16(31-22(32)33)5-7-30-21(13)34-11-23(26,27)28/h1-2,5-9,18H,3-4,10-11H2,(H,31,33). The van der Waals surface area contributed by atoms with Gasteiger partial charge in [0.1, 0.15) is 23.4 Å². The highest BCUT2D eigenvalue weighted by atomic mass is 35.5. The third kappa shape index (κ3) is 4.68. The number of carbonyl (C=O) groups excluding carboxylic acids is 1. The first kappa shape index (κ1) is 23.2. The van der Waals surface area contributed by atoms with E-state index in [0.717, 1.165) is 5.56 Å². The summed E-state index contributed by atoms with van der Waals surface area (Å²) in [6.45, 7) is -1.66. The number of pyridine rings is 2. The van der Waals surface area contributed by atoms with Crippen molar-refractivity contribution in [3.8, 4) is 11.6 Å². The maximum Gasteiger partial charge on any atom is 0.422 e. The first-order valence-corrected chi connectivity index (χ1v) is 10.9. The van der Waals surface area contributed by atoms with E-state index in [9.17, 15) is 22.4 Å². The number of fused-ring (bicyclic) bond motifs is 2. The van der Waals surface area contributed by atoms with Crippen LogP contribution in [0.25, 0.3) is 0 Å². The molecule has 1 atom stereocenters. The topological polar surface area (TPSA) is 76.6 Å². The monoisotopic (exact) mass is 508 g/mol. The van der Waals surface area contributed by atoms with Crippen molar-refractivity contribution >= 4 is 29.0 Å². The number of nitrogens with one attached hydrogen (secondary N) is 1. The van der Waals surface area contributed by atoms with Crippen LogP contribution in [0.3, 0.4) is 0 Å². The summed E-state index contributed by atoms with van der Waals surface area (Å²) in [5, 5.41) is 2.87. The number of nitrogens with zero attached hydrogens (tertiary/aromatic N) is 3. The number of halogens is 5. The van der Waals surface area contributed by atoms with Crippen LogP contribution in [0.5, 0.6) is 11.6 Å². The molecule has 12 heteroatoms. The van der Waals surface area contributed by atoms with Gasteiger partial charge in [-0.15, -0.1) is 0 Å². The number of aromatic nitrogens is 2. The van der Waals surface area contributed by atoms with Gasteiger partial charge in [-0.05, 0) is 42.7 Å². The number of amides is 2. The van der Waals surface area contributed by atoms with Gasteiger partial charge in [0.05, 0.1) is 28.5 Å². The number of hydrogen-bond acceptors (Lipinski definition) is 5. The molecule has 2 aliphatic rings. The molecule has 3 aromatic rings. The summed E-state index contributed by atoms with van der Waals surface area (Å²) in [5.74, 6) is -0.328. The molecule has 7 nitrogen and oxygen atoms in total. The fraction of sp³-hybridized carbons (Fsp3) is 0.261. The van der Waals surface area contributed by atoms with Gasteiger partial charge in [-0.1, -0.05) is 11.6 Å². The number of hydrogen-bond donors (Lipinski definition) is 1. The van der Waals surface area contributed by atoms with Gasteiger partial charge in [0.25, 0.3) is 0 Å². The minimum Gasteiger partial charge on any atom is -0.484 e. The maximum absolute atomic E-state index is 14.2. The zero-order valence-corrected chi connectivity index (χ0v) is 18.7. The molecule has 1 N–H and O–H groups in total. The lowest BCUT2D eigenvalue weighted by Crippen LogP contribution is -2.39. The third-order valence-electron chi connectivity index (χ3n) is 5.65. The highest BCUT2D eigenvalue weighted by molar-refractivity contribution is 6.34. The molecular weight excluding hydrogens is 492 g/mol. The summed E-state index contributed by atoms with van der Waals surface area (Å²) < 4.78 is 63.1. The first-order chi connectivity index (χ1) is 16.7. The minimum absolute atomic E-state index is 0.140. The van der Waals surface area contributed by atoms with E-state index in [1.807, 2.05) is 0 Å². The van der Waals surface area contributed by atoms with E-state index in [2.05, 4.69) is 15.3 Å². The maximum atomic E-state index is 14.2. The molecule has 0 spiro atoms. The molecule has 2 aromatic heterocycles. The molecule has 1 aromatic carbocycles. The van der Waals surface area contributed by atoms with E-state index in [1.165, 1.54) is 35.5 Å². The Morgan fingerprint density at radius 2 is 2.06 bits per heavy atom. The predicted octanol–water partition coefficient (Wildman–Crippen LogP) is 5.83. The number of aryl methyl sites for hydroxylation is 1. The Morgan fingerprint density at radius 1 is 1.23 bits per heavy atom. The van der Waals surface area contributed by atoms with Crippen LogP contribution < -0.4 is 19.7 Å². The van der Waals surface area contributed by atoms with Gasteiger partial charge in [0, 0.05) is 18.5 Å². The second-order valence-corrected chi connectivity index (χ2v) is 8.40. The van der Waals surface area contributed by atoms with E-state index in [0.29, 0.717) is 18.6 Å². The van der Waals surface area contributed by atoms with E-state index < -0.39 is 30.7 Å². The Morgan fingerprint density at radius 3 is 2.83 bits per heavy atom. The number of benzene rings is 1. The van der Waals surface area contributed by atoms with Gasteiger partial charge in [-0.2, -0.15) is 13.2 Å². The van der Waals surface area contributed by atoms with Crippen LogP contribution in [0.1, 0.15) is 29.3 Å². The number of alkyl halides is 3. The molecule has 2 amide bonds. The quantitative estimate of drug-likeness (QED) is 0.449. The van der Waals surface area contributed by atoms with Crippen molar-refractivity contribution < 1.29 is 31.8 Å². The lowest BCUT2D eigenvalue weighted by molar-refractivity contribution is -0.154. The van der Waals surface area contributed by atoms with Gasteiger partial charge < -0.3 is 14.8 Å². The smallest absolute Gasteiger partial charge is 0.422 e. The van der Waals surface area contributed by atoms with Crippen LogP contribution in [0.4, 0.5) is 33.7 Å². The molecular formula is C23H17ClF4N4O3. The van der Waals surface area contributed by atoms with Crippen molar-refractivity contribution in [1.82, 2.24) is 9.97 Å². The number of anilines is 2. The van der Waals surface area contributed by atoms with Crippen molar-refractivity contribution in [2.45, 2.75) is 31.7 Å². The zero-order valence-electron chi connectivity index (χ0n) is 17.9. The van der Waals surface area contributed by atoms with Crippen molar-refractivity contribution in [3.05, 3.63) is 70.4 Å². The van der Waals surface area contributed by atoms with Gasteiger partial charge in [0.15, 0.2) is 6.61 Å². The van der Waals surface area contributed by atoms with E-state index in [-0.39, 0.29) is 40.1 Å². The molecule has 182 valence electrons. The molecule has 1 unspecified atom stereocenters. The fourth-order valence-electron chi connectivity index (χ4n) is 4.05. The van der Waals surface area contributed by atoms with Crippen LogP contribution in [0, 0.1) is 5.82 Å². The largest absolute Gasteiger partial charge is 0.484 e. The van der Waals surface area contributed by atoms with Crippen LogP contribution >= 0.6 is 11.6 Å². The Hall–Kier alpha value is -3.60. The van der Waals surface area contributed by atoms with Gasteiger partial charge in [0.2, 0.25) is 5.88 Å². The Bertz CT molecular complexity index is 1300. The average Bonchev–Trinajstić information content (AvgIpc) is 2.81. The fourth-order valence-corrected chi connectivity index (χ4v) is 4.34. The minimum atomic E-state index is -4.55. The molecule has 0 saturated carbocycles. The lowest BCUT2D eigenvalue weighted by atomic mass is 9.99. The van der Waals surface area contributed by atoms with Crippen LogP contribution in [-0.2, 0) is 13.0 Å². The third-order valence-corrected chi connectivity index (χ3v) is 5.95. The summed E-state index contributed by atoms with van der Waals surface area (Å²) in [4.78, 5) is 22.1. The SMILES string of the molecule is O=C1Nc2ccnc(OCC(F)(F)F)c2CN1c1cc2c(cc1Cl)CCC(c1ncccc1F)O2. The Kier molecular flexibility index (Phi) is 5.87. The van der Waals surface area contributed by atoms with Crippen LogP contribution in [0.15, 0.2) is 42.7 Å². The molecule has 5 rings (SSSR count). The predicted molar refractivity (Wildman–Crippen MR) is 118 cm³/mol. The molecule has 0 radical (unpaired) electrons. The summed E-state index contributed by atoms with van der Waals surface area (Å²) in [6.07, 6.45) is -1.42. The highest BCUT2D eigenvalue weighted by Gasteiger charge is 2.33. The number of rotatable bonds is 4. The van der Waals surface area contributed by atoms with Crippen molar-refractivity contribution in [3.63, 3.8) is 0 Å². The van der Waals surface area contributed by atoms with Gasteiger partial charge in [-0.25, -0.2) is 14.2 Å². The van der Waals surface area contributed by atoms with Gasteiger partial charge >= 0.3 is 12.2 Å². The molecule has 2 aliphatic heterocycles. The summed E-state index contributed by atoms with van der Waals surface area (Å²) in [5.41, 5.74) is 1.77. The van der Waals surface area contributed by atoms with E-state index in [4.69, 9.17) is 21.1 Å². The van der Waals surface area contributed by atoms with Crippen molar-refractivity contribution in [2.24, 2.45) is 0 Å². The first-order valence-electron chi connectivity index (χ1n) is 10.5. The second kappa shape index (κ2) is 8.88. The van der Waals surface area contributed by atoms with E-state index in [1.54, 1.807) is 12.1 Å². The molecule has 35 heavy (non-hydrogen) atoms. The number of urea groups is 1. The number of ether oxygens (including phenoxy) is 2. The summed E-state index contributed by atoms with van der Waals surface area (Å²) in [6, 6.07) is 6.93. The average molecular weight is 509 g/mol. The Labute approximate surface area is 201 Å². The molecule has 0 fully saturated rings. The molecule has 4 heterocycles. The molecule has 0 bridgehead atoms. The van der Waals surface area contributed by atoms with Crippen LogP contribution in [-0.4, -0.2) is 28.8 Å². The lowest BCUT2D eigenvalue weighted by Gasteiger charge is -2.32. The van der Waals surface area contributed by atoms with Crippen LogP contribution in [0.2, 0.25) is 5.02 Å². The normalized spacial score (nSPS) is 17.2. The van der Waals surface area contributed by atoms with Crippen molar-refractivity contribution in [1.29, 1.82) is 0 Å². The van der Waals surface area contributed by atoms with Gasteiger partial charge in [-0.3, -0.25) is 9.88 Å². The Balaban J connectivity index is 1.45. The number of carbonyl (C=O) groups is 1. The summed E-state index contributed by atoms with van der Waals surface area (Å²) >= 11 is 6.48.